The molecule has 1 aromatic carbocycles. The standard InChI is InChI=1S/C16H20BrClO/c17-14-9-8-13(15(18)11-14)10-16(19)12-6-4-2-1-3-5-7-12/h8-9,11-12H,1-7,10H2. The van der Waals surface area contributed by atoms with Gasteiger partial charge in [0.2, 0.25) is 0 Å². The number of benzene rings is 1. The second-order valence-corrected chi connectivity index (χ2v) is 6.74. The van der Waals surface area contributed by atoms with Gasteiger partial charge in [-0.25, -0.2) is 0 Å². The van der Waals surface area contributed by atoms with Crippen LogP contribution in [0, 0.1) is 5.92 Å². The molecule has 0 radical (unpaired) electrons. The minimum absolute atomic E-state index is 0.250. The van der Waals surface area contributed by atoms with Gasteiger partial charge in [0.15, 0.2) is 0 Å². The third kappa shape index (κ3) is 4.61. The average Bonchev–Trinajstić information content (AvgIpc) is 2.32. The van der Waals surface area contributed by atoms with E-state index in [4.69, 9.17) is 11.6 Å². The van der Waals surface area contributed by atoms with Crippen LogP contribution in [0.2, 0.25) is 5.02 Å². The highest BCUT2D eigenvalue weighted by Crippen LogP contribution is 2.27. The quantitative estimate of drug-likeness (QED) is 0.700. The fourth-order valence-corrected chi connectivity index (χ4v) is 3.52. The number of rotatable bonds is 3. The van der Waals surface area contributed by atoms with Gasteiger partial charge in [0.25, 0.3) is 0 Å². The summed E-state index contributed by atoms with van der Waals surface area (Å²) >= 11 is 9.58. The number of carbonyl (C=O) groups is 1. The molecule has 0 atom stereocenters. The maximum atomic E-state index is 12.4. The summed E-state index contributed by atoms with van der Waals surface area (Å²) in [6, 6.07) is 5.77. The van der Waals surface area contributed by atoms with Crippen LogP contribution in [0.1, 0.15) is 50.5 Å². The summed E-state index contributed by atoms with van der Waals surface area (Å²) in [6.45, 7) is 0. The van der Waals surface area contributed by atoms with Crippen molar-refractivity contribution in [1.29, 1.82) is 0 Å². The van der Waals surface area contributed by atoms with Crippen LogP contribution in [-0.4, -0.2) is 5.78 Å². The summed E-state index contributed by atoms with van der Waals surface area (Å²) in [4.78, 5) is 12.4. The number of hydrogen-bond donors (Lipinski definition) is 0. The van der Waals surface area contributed by atoms with Crippen molar-refractivity contribution in [3.05, 3.63) is 33.3 Å². The molecule has 0 spiro atoms. The lowest BCUT2D eigenvalue weighted by atomic mass is 9.86. The topological polar surface area (TPSA) is 17.1 Å². The van der Waals surface area contributed by atoms with Gasteiger partial charge in [-0.2, -0.15) is 0 Å². The average molecular weight is 344 g/mol. The fraction of sp³-hybridized carbons (Fsp3) is 0.562. The molecular weight excluding hydrogens is 324 g/mol. The lowest BCUT2D eigenvalue weighted by molar-refractivity contribution is -0.122. The van der Waals surface area contributed by atoms with Gasteiger partial charge in [0.1, 0.15) is 5.78 Å². The molecular formula is C16H20BrClO. The summed E-state index contributed by atoms with van der Waals surface area (Å²) < 4.78 is 0.958. The maximum absolute atomic E-state index is 12.4. The Bertz CT molecular complexity index is 436. The van der Waals surface area contributed by atoms with Crippen molar-refractivity contribution in [2.24, 2.45) is 5.92 Å². The lowest BCUT2D eigenvalue weighted by Crippen LogP contribution is -2.18. The lowest BCUT2D eigenvalue weighted by Gasteiger charge is -2.18. The van der Waals surface area contributed by atoms with Gasteiger partial charge in [-0.3, -0.25) is 4.79 Å². The van der Waals surface area contributed by atoms with E-state index >= 15 is 0 Å². The van der Waals surface area contributed by atoms with Crippen LogP contribution in [0.25, 0.3) is 0 Å². The molecule has 0 heterocycles. The molecule has 1 aliphatic carbocycles. The first-order valence-electron chi connectivity index (χ1n) is 7.13. The van der Waals surface area contributed by atoms with Crippen molar-refractivity contribution in [2.75, 3.05) is 0 Å². The van der Waals surface area contributed by atoms with Crippen LogP contribution >= 0.6 is 27.5 Å². The van der Waals surface area contributed by atoms with Gasteiger partial charge in [0.05, 0.1) is 0 Å². The molecule has 0 saturated heterocycles. The number of carbonyl (C=O) groups excluding carboxylic acids is 1. The zero-order chi connectivity index (χ0) is 13.7. The molecule has 3 heteroatoms. The van der Waals surface area contributed by atoms with E-state index in [9.17, 15) is 4.79 Å². The molecule has 0 aromatic heterocycles. The van der Waals surface area contributed by atoms with Gasteiger partial charge in [-0.15, -0.1) is 0 Å². The van der Waals surface area contributed by atoms with E-state index in [0.29, 0.717) is 17.2 Å². The highest BCUT2D eigenvalue weighted by Gasteiger charge is 2.20. The Kier molecular flexibility index (Phi) is 5.90. The molecule has 1 saturated carbocycles. The zero-order valence-electron chi connectivity index (χ0n) is 11.1. The maximum Gasteiger partial charge on any atom is 0.140 e. The SMILES string of the molecule is O=C(Cc1ccc(Br)cc1Cl)C1CCCCCCC1. The summed E-state index contributed by atoms with van der Waals surface area (Å²) in [5.41, 5.74) is 0.955. The predicted octanol–water partition coefficient (Wildman–Crippen LogP) is 5.57. The van der Waals surface area contributed by atoms with Gasteiger partial charge in [0, 0.05) is 21.8 Å². The minimum Gasteiger partial charge on any atom is -0.299 e. The first kappa shape index (κ1) is 15.1. The van der Waals surface area contributed by atoms with Crippen LogP contribution in [0.3, 0.4) is 0 Å². The minimum atomic E-state index is 0.250. The normalized spacial score (nSPS) is 17.8. The second-order valence-electron chi connectivity index (χ2n) is 5.42. The van der Waals surface area contributed by atoms with Gasteiger partial charge < -0.3 is 0 Å². The van der Waals surface area contributed by atoms with E-state index in [1.54, 1.807) is 0 Å². The summed E-state index contributed by atoms with van der Waals surface area (Å²) in [6.07, 6.45) is 8.90. The van der Waals surface area contributed by atoms with Crippen molar-refractivity contribution < 1.29 is 4.79 Å². The molecule has 1 nitrogen and oxygen atoms in total. The van der Waals surface area contributed by atoms with Crippen LogP contribution in [-0.2, 0) is 11.2 Å². The number of Topliss-reactive ketones (excluding diaryl/α,β-unsaturated/α-hetero) is 1. The molecule has 1 aromatic rings. The molecule has 0 bridgehead atoms. The molecule has 1 aliphatic rings. The van der Waals surface area contributed by atoms with Gasteiger partial charge in [-0.1, -0.05) is 65.7 Å². The Labute approximate surface area is 128 Å². The van der Waals surface area contributed by atoms with Gasteiger partial charge in [-0.05, 0) is 30.5 Å². The molecule has 2 rings (SSSR count). The Morgan fingerprint density at radius 3 is 2.42 bits per heavy atom. The smallest absolute Gasteiger partial charge is 0.140 e. The number of hydrogen-bond acceptors (Lipinski definition) is 1. The molecule has 0 amide bonds. The van der Waals surface area contributed by atoms with Crippen LogP contribution < -0.4 is 0 Å². The van der Waals surface area contributed by atoms with Crippen molar-refractivity contribution in [1.82, 2.24) is 0 Å². The van der Waals surface area contributed by atoms with Crippen LogP contribution in [0.15, 0.2) is 22.7 Å². The second kappa shape index (κ2) is 7.44. The van der Waals surface area contributed by atoms with Gasteiger partial charge >= 0.3 is 0 Å². The Morgan fingerprint density at radius 2 is 1.79 bits per heavy atom. The third-order valence-electron chi connectivity index (χ3n) is 3.94. The first-order valence-corrected chi connectivity index (χ1v) is 8.30. The van der Waals surface area contributed by atoms with Crippen molar-refractivity contribution >= 4 is 33.3 Å². The molecule has 19 heavy (non-hydrogen) atoms. The van der Waals surface area contributed by atoms with E-state index in [0.717, 1.165) is 22.9 Å². The van der Waals surface area contributed by atoms with Crippen LogP contribution in [0.4, 0.5) is 0 Å². The highest BCUT2D eigenvalue weighted by molar-refractivity contribution is 9.10. The molecule has 0 N–H and O–H groups in total. The first-order chi connectivity index (χ1) is 9.16. The summed E-state index contributed by atoms with van der Waals surface area (Å²) in [5, 5.41) is 0.688. The summed E-state index contributed by atoms with van der Waals surface area (Å²) in [5.74, 6) is 0.617. The monoisotopic (exact) mass is 342 g/mol. The Hall–Kier alpha value is -0.340. The highest BCUT2D eigenvalue weighted by atomic mass is 79.9. The Morgan fingerprint density at radius 1 is 1.16 bits per heavy atom. The van der Waals surface area contributed by atoms with Crippen molar-refractivity contribution in [3.8, 4) is 0 Å². The van der Waals surface area contributed by atoms with E-state index in [-0.39, 0.29) is 5.92 Å². The van der Waals surface area contributed by atoms with Crippen LogP contribution in [0.5, 0.6) is 0 Å². The fourth-order valence-electron chi connectivity index (χ4n) is 2.78. The van der Waals surface area contributed by atoms with Crippen molar-refractivity contribution in [2.45, 2.75) is 51.4 Å². The third-order valence-corrected chi connectivity index (χ3v) is 4.79. The number of ketones is 1. The largest absolute Gasteiger partial charge is 0.299 e. The molecule has 1 fully saturated rings. The van der Waals surface area contributed by atoms with E-state index in [2.05, 4.69) is 15.9 Å². The van der Waals surface area contributed by atoms with E-state index in [1.807, 2.05) is 18.2 Å². The molecule has 0 unspecified atom stereocenters. The summed E-state index contributed by atoms with van der Waals surface area (Å²) in [7, 11) is 0. The number of halogens is 2. The molecule has 0 aliphatic heterocycles. The zero-order valence-corrected chi connectivity index (χ0v) is 13.5. The van der Waals surface area contributed by atoms with Crippen molar-refractivity contribution in [3.63, 3.8) is 0 Å². The Balaban J connectivity index is 1.98. The molecule has 104 valence electrons. The van der Waals surface area contributed by atoms with E-state index < -0.39 is 0 Å². The van der Waals surface area contributed by atoms with E-state index in [1.165, 1.54) is 32.1 Å². The predicted molar refractivity (Wildman–Crippen MR) is 83.7 cm³/mol.